The van der Waals surface area contributed by atoms with E-state index in [0.717, 1.165) is 30.2 Å². The Morgan fingerprint density at radius 1 is 1.42 bits per heavy atom. The Hall–Kier alpha value is -1.68. The van der Waals surface area contributed by atoms with E-state index in [4.69, 9.17) is 16.3 Å². The third-order valence-electron chi connectivity index (χ3n) is 2.88. The first kappa shape index (κ1) is 13.7. The predicted molar refractivity (Wildman–Crippen MR) is 77.8 cm³/mol. The number of aryl methyl sites for hydroxylation is 1. The highest BCUT2D eigenvalue weighted by Gasteiger charge is 2.05. The van der Waals surface area contributed by atoms with Crippen molar-refractivity contribution in [1.82, 2.24) is 9.55 Å². The van der Waals surface area contributed by atoms with Gasteiger partial charge in [-0.2, -0.15) is 0 Å². The molecule has 4 nitrogen and oxygen atoms in total. The number of hydrogen-bond acceptors (Lipinski definition) is 3. The highest BCUT2D eigenvalue weighted by Crippen LogP contribution is 2.26. The van der Waals surface area contributed by atoms with Gasteiger partial charge in [0.1, 0.15) is 11.6 Å². The van der Waals surface area contributed by atoms with Crippen molar-refractivity contribution in [3.63, 3.8) is 0 Å². The molecule has 0 spiro atoms. The number of halogens is 1. The number of rotatable bonds is 6. The van der Waals surface area contributed by atoms with Crippen LogP contribution in [0, 0.1) is 0 Å². The van der Waals surface area contributed by atoms with Crippen molar-refractivity contribution in [1.29, 1.82) is 0 Å². The van der Waals surface area contributed by atoms with E-state index in [0.29, 0.717) is 11.6 Å². The molecule has 2 rings (SSSR count). The number of nitrogens with one attached hydrogen (secondary N) is 1. The molecular formula is C14H18ClN3O. The summed E-state index contributed by atoms with van der Waals surface area (Å²) in [6, 6.07) is 5.54. The van der Waals surface area contributed by atoms with Crippen molar-refractivity contribution in [3.8, 4) is 5.75 Å². The summed E-state index contributed by atoms with van der Waals surface area (Å²) in [5, 5.41) is 3.97. The molecule has 0 aliphatic heterocycles. The minimum absolute atomic E-state index is 0.639. The summed E-state index contributed by atoms with van der Waals surface area (Å²) in [7, 11) is 1.64. The second kappa shape index (κ2) is 6.48. The van der Waals surface area contributed by atoms with Gasteiger partial charge in [-0.3, -0.25) is 0 Å². The summed E-state index contributed by atoms with van der Waals surface area (Å²) in [5.74, 6) is 1.78. The molecule has 0 amide bonds. The molecule has 1 aromatic heterocycles. The zero-order valence-electron chi connectivity index (χ0n) is 11.2. The second-order valence-corrected chi connectivity index (χ2v) is 4.64. The van der Waals surface area contributed by atoms with Crippen molar-refractivity contribution < 1.29 is 4.74 Å². The van der Waals surface area contributed by atoms with Crippen LogP contribution in [-0.2, 0) is 13.1 Å². The van der Waals surface area contributed by atoms with E-state index in [1.54, 1.807) is 7.11 Å². The Morgan fingerprint density at radius 3 is 3.00 bits per heavy atom. The lowest BCUT2D eigenvalue weighted by Crippen LogP contribution is -2.08. The van der Waals surface area contributed by atoms with E-state index in [2.05, 4.69) is 21.8 Å². The molecule has 102 valence electrons. The van der Waals surface area contributed by atoms with E-state index in [1.807, 2.05) is 30.6 Å². The molecule has 0 bridgehead atoms. The predicted octanol–water partition coefficient (Wildman–Crippen LogP) is 3.57. The Labute approximate surface area is 118 Å². The topological polar surface area (TPSA) is 39.1 Å². The molecule has 0 saturated heterocycles. The van der Waals surface area contributed by atoms with Crippen molar-refractivity contribution >= 4 is 17.3 Å². The quantitative estimate of drug-likeness (QED) is 0.879. The zero-order valence-corrected chi connectivity index (χ0v) is 11.9. The van der Waals surface area contributed by atoms with Gasteiger partial charge < -0.3 is 14.6 Å². The lowest BCUT2D eigenvalue weighted by atomic mass is 10.3. The SMILES string of the molecule is CCCn1ccnc1CNc1cc(OC)ccc1Cl. The lowest BCUT2D eigenvalue weighted by molar-refractivity contribution is 0.415. The second-order valence-electron chi connectivity index (χ2n) is 4.24. The van der Waals surface area contributed by atoms with Crippen molar-refractivity contribution in [2.24, 2.45) is 0 Å². The van der Waals surface area contributed by atoms with E-state index in [1.165, 1.54) is 0 Å². The van der Waals surface area contributed by atoms with E-state index in [9.17, 15) is 0 Å². The molecule has 2 aromatic rings. The first-order valence-corrected chi connectivity index (χ1v) is 6.69. The van der Waals surface area contributed by atoms with Gasteiger partial charge in [-0.15, -0.1) is 0 Å². The van der Waals surface area contributed by atoms with Gasteiger partial charge in [0.2, 0.25) is 0 Å². The van der Waals surface area contributed by atoms with Crippen molar-refractivity contribution in [2.75, 3.05) is 12.4 Å². The molecule has 5 heteroatoms. The summed E-state index contributed by atoms with van der Waals surface area (Å²) < 4.78 is 7.33. The van der Waals surface area contributed by atoms with Crippen LogP contribution in [0.3, 0.4) is 0 Å². The molecule has 1 heterocycles. The Bertz CT molecular complexity index is 539. The first-order chi connectivity index (χ1) is 9.24. The molecule has 0 aliphatic rings. The lowest BCUT2D eigenvalue weighted by Gasteiger charge is -2.11. The maximum absolute atomic E-state index is 6.15. The van der Waals surface area contributed by atoms with E-state index < -0.39 is 0 Å². The van der Waals surface area contributed by atoms with Crippen LogP contribution in [0.25, 0.3) is 0 Å². The average molecular weight is 280 g/mol. The third kappa shape index (κ3) is 3.41. The average Bonchev–Trinajstić information content (AvgIpc) is 2.86. The summed E-state index contributed by atoms with van der Waals surface area (Å²) in [6.45, 7) is 3.76. The van der Waals surface area contributed by atoms with E-state index >= 15 is 0 Å². The van der Waals surface area contributed by atoms with Crippen LogP contribution >= 0.6 is 11.6 Å². The molecule has 0 fully saturated rings. The smallest absolute Gasteiger partial charge is 0.128 e. The molecule has 0 radical (unpaired) electrons. The largest absolute Gasteiger partial charge is 0.497 e. The standard InChI is InChI=1S/C14H18ClN3O/c1-3-7-18-8-6-16-14(18)10-17-13-9-11(19-2)4-5-12(13)15/h4-6,8-9,17H,3,7,10H2,1-2H3. The number of anilines is 1. The highest BCUT2D eigenvalue weighted by atomic mass is 35.5. The Morgan fingerprint density at radius 2 is 2.26 bits per heavy atom. The molecule has 0 aliphatic carbocycles. The minimum atomic E-state index is 0.639. The van der Waals surface area contributed by atoms with Crippen molar-refractivity contribution in [3.05, 3.63) is 41.4 Å². The fraction of sp³-hybridized carbons (Fsp3) is 0.357. The zero-order chi connectivity index (χ0) is 13.7. The van der Waals surface area contributed by atoms with Gasteiger partial charge in [-0.05, 0) is 18.6 Å². The fourth-order valence-corrected chi connectivity index (χ4v) is 2.08. The molecule has 0 saturated carbocycles. The van der Waals surface area contributed by atoms with Gasteiger partial charge in [0.15, 0.2) is 0 Å². The molecule has 1 aromatic carbocycles. The molecular weight excluding hydrogens is 262 g/mol. The summed E-state index contributed by atoms with van der Waals surface area (Å²) in [6.07, 6.45) is 4.90. The molecule has 1 N–H and O–H groups in total. The van der Waals surface area contributed by atoms with Crippen LogP contribution in [0.1, 0.15) is 19.2 Å². The van der Waals surface area contributed by atoms with Gasteiger partial charge in [0.05, 0.1) is 24.4 Å². The van der Waals surface area contributed by atoms with Gasteiger partial charge >= 0.3 is 0 Å². The Kier molecular flexibility index (Phi) is 4.68. The number of ether oxygens (including phenoxy) is 1. The van der Waals surface area contributed by atoms with Crippen LogP contribution in [0.2, 0.25) is 5.02 Å². The number of imidazole rings is 1. The monoisotopic (exact) mass is 279 g/mol. The highest BCUT2D eigenvalue weighted by molar-refractivity contribution is 6.33. The number of hydrogen-bond donors (Lipinski definition) is 1. The molecule has 19 heavy (non-hydrogen) atoms. The summed E-state index contributed by atoms with van der Waals surface area (Å²) in [4.78, 5) is 4.35. The van der Waals surface area contributed by atoms with Gasteiger partial charge in [0, 0.05) is 25.0 Å². The normalized spacial score (nSPS) is 10.5. The van der Waals surface area contributed by atoms with Crippen LogP contribution in [0.5, 0.6) is 5.75 Å². The number of aromatic nitrogens is 2. The van der Waals surface area contributed by atoms with Crippen LogP contribution in [-0.4, -0.2) is 16.7 Å². The maximum atomic E-state index is 6.15. The maximum Gasteiger partial charge on any atom is 0.128 e. The Balaban J connectivity index is 2.07. The fourth-order valence-electron chi connectivity index (χ4n) is 1.89. The minimum Gasteiger partial charge on any atom is -0.497 e. The first-order valence-electron chi connectivity index (χ1n) is 6.32. The van der Waals surface area contributed by atoms with E-state index in [-0.39, 0.29) is 0 Å². The molecule has 0 unspecified atom stereocenters. The summed E-state index contributed by atoms with van der Waals surface area (Å²) >= 11 is 6.15. The number of methoxy groups -OCH3 is 1. The number of benzene rings is 1. The van der Waals surface area contributed by atoms with Gasteiger partial charge in [-0.25, -0.2) is 4.98 Å². The third-order valence-corrected chi connectivity index (χ3v) is 3.21. The van der Waals surface area contributed by atoms with Crippen LogP contribution in [0.15, 0.2) is 30.6 Å². The van der Waals surface area contributed by atoms with Gasteiger partial charge in [-0.1, -0.05) is 18.5 Å². The van der Waals surface area contributed by atoms with Crippen LogP contribution < -0.4 is 10.1 Å². The summed E-state index contributed by atoms with van der Waals surface area (Å²) in [5.41, 5.74) is 0.854. The van der Waals surface area contributed by atoms with Gasteiger partial charge in [0.25, 0.3) is 0 Å². The van der Waals surface area contributed by atoms with Crippen molar-refractivity contribution in [2.45, 2.75) is 26.4 Å². The molecule has 0 atom stereocenters. The number of nitrogens with zero attached hydrogens (tertiary/aromatic N) is 2. The van der Waals surface area contributed by atoms with Crippen LogP contribution in [0.4, 0.5) is 5.69 Å².